The highest BCUT2D eigenvalue weighted by atomic mass is 35.5. The molecule has 2 rings (SSSR count). The zero-order valence-corrected chi connectivity index (χ0v) is 12.0. The van der Waals surface area contributed by atoms with Gasteiger partial charge in [0.05, 0.1) is 6.54 Å². The van der Waals surface area contributed by atoms with Crippen LogP contribution >= 0.6 is 23.2 Å². The van der Waals surface area contributed by atoms with Crippen LogP contribution in [0.5, 0.6) is 0 Å². The van der Waals surface area contributed by atoms with Crippen molar-refractivity contribution in [1.29, 1.82) is 0 Å². The van der Waals surface area contributed by atoms with Crippen molar-refractivity contribution in [3.05, 3.63) is 39.6 Å². The number of hydrogen-bond acceptors (Lipinski definition) is 3. The molecule has 0 N–H and O–H groups in total. The quantitative estimate of drug-likeness (QED) is 0.850. The van der Waals surface area contributed by atoms with Crippen LogP contribution in [0.4, 0.5) is 0 Å². The molecule has 0 saturated carbocycles. The van der Waals surface area contributed by atoms with Crippen LogP contribution < -0.4 is 0 Å². The molecule has 0 fully saturated rings. The lowest BCUT2D eigenvalue weighted by Gasteiger charge is -2.17. The number of aromatic nitrogens is 4. The molecule has 2 aromatic rings. The van der Waals surface area contributed by atoms with E-state index in [1.165, 1.54) is 0 Å². The summed E-state index contributed by atoms with van der Waals surface area (Å²) in [7, 11) is 0. The van der Waals surface area contributed by atoms with E-state index in [1.54, 1.807) is 4.68 Å². The average Bonchev–Trinajstić information content (AvgIpc) is 2.71. The fraction of sp³-hybridized carbons (Fsp3) is 0.417. The van der Waals surface area contributed by atoms with Crippen LogP contribution in [-0.2, 0) is 12.0 Å². The van der Waals surface area contributed by atoms with Crippen LogP contribution in [0.1, 0.15) is 32.2 Å². The molecule has 6 heteroatoms. The summed E-state index contributed by atoms with van der Waals surface area (Å²) in [6.07, 6.45) is 0. The largest absolute Gasteiger partial charge is 0.225 e. The van der Waals surface area contributed by atoms with E-state index in [1.807, 2.05) is 18.2 Å². The first-order valence-corrected chi connectivity index (χ1v) is 6.34. The molecule has 0 atom stereocenters. The molecule has 0 aliphatic rings. The van der Waals surface area contributed by atoms with Crippen LogP contribution in [0.25, 0.3) is 0 Å². The second kappa shape index (κ2) is 4.86. The molecular formula is C12H14Cl2N4. The maximum atomic E-state index is 6.15. The fourth-order valence-corrected chi connectivity index (χ4v) is 2.20. The maximum absolute atomic E-state index is 6.15. The number of hydrogen-bond donors (Lipinski definition) is 0. The highest BCUT2D eigenvalue weighted by molar-refractivity contribution is 6.35. The summed E-state index contributed by atoms with van der Waals surface area (Å²) >= 11 is 12.3. The first kappa shape index (κ1) is 13.3. The average molecular weight is 285 g/mol. The summed E-state index contributed by atoms with van der Waals surface area (Å²) in [6.45, 7) is 6.65. The van der Waals surface area contributed by atoms with E-state index in [4.69, 9.17) is 23.2 Å². The van der Waals surface area contributed by atoms with Crippen LogP contribution in [0.15, 0.2) is 18.2 Å². The van der Waals surface area contributed by atoms with E-state index < -0.39 is 0 Å². The van der Waals surface area contributed by atoms with Gasteiger partial charge in [0.25, 0.3) is 0 Å². The topological polar surface area (TPSA) is 43.6 Å². The van der Waals surface area contributed by atoms with E-state index in [0.717, 1.165) is 11.4 Å². The molecular weight excluding hydrogens is 271 g/mol. The molecule has 4 nitrogen and oxygen atoms in total. The number of rotatable bonds is 2. The molecule has 1 aromatic carbocycles. The number of nitrogens with zero attached hydrogens (tertiary/aromatic N) is 4. The Kier molecular flexibility index (Phi) is 3.59. The van der Waals surface area contributed by atoms with Gasteiger partial charge in [-0.2, -0.15) is 0 Å². The minimum absolute atomic E-state index is 0.128. The van der Waals surface area contributed by atoms with Gasteiger partial charge in [0.2, 0.25) is 0 Å². The monoisotopic (exact) mass is 284 g/mol. The van der Waals surface area contributed by atoms with E-state index in [0.29, 0.717) is 16.6 Å². The standard InChI is InChI=1S/C12H14Cl2N4/c1-12(2,3)11-15-16-17-18(11)7-8-9(13)5-4-6-10(8)14/h4-6H,7H2,1-3H3. The van der Waals surface area contributed by atoms with Crippen molar-refractivity contribution in [1.82, 2.24) is 20.2 Å². The zero-order valence-electron chi connectivity index (χ0n) is 10.5. The number of benzene rings is 1. The van der Waals surface area contributed by atoms with Gasteiger partial charge in [0.1, 0.15) is 0 Å². The third kappa shape index (κ3) is 2.65. The second-order valence-corrected chi connectivity index (χ2v) is 5.92. The van der Waals surface area contributed by atoms with Gasteiger partial charge in [-0.15, -0.1) is 5.10 Å². The lowest BCUT2D eigenvalue weighted by molar-refractivity contribution is 0.490. The van der Waals surface area contributed by atoms with Crippen LogP contribution in [0.3, 0.4) is 0 Å². The van der Waals surface area contributed by atoms with E-state index >= 15 is 0 Å². The second-order valence-electron chi connectivity index (χ2n) is 5.11. The van der Waals surface area contributed by atoms with Crippen molar-refractivity contribution in [3.63, 3.8) is 0 Å². The normalized spacial score (nSPS) is 11.8. The minimum atomic E-state index is -0.128. The Labute approximate surface area is 116 Å². The predicted octanol–water partition coefficient (Wildman–Crippen LogP) is 3.33. The molecule has 0 spiro atoms. The zero-order chi connectivity index (χ0) is 13.3. The van der Waals surface area contributed by atoms with Crippen molar-refractivity contribution in [2.45, 2.75) is 32.7 Å². The van der Waals surface area contributed by atoms with Crippen molar-refractivity contribution in [3.8, 4) is 0 Å². The molecule has 18 heavy (non-hydrogen) atoms. The molecule has 1 aromatic heterocycles. The van der Waals surface area contributed by atoms with Crippen molar-refractivity contribution in [2.24, 2.45) is 0 Å². The predicted molar refractivity (Wildman–Crippen MR) is 72.1 cm³/mol. The third-order valence-corrected chi connectivity index (χ3v) is 3.28. The van der Waals surface area contributed by atoms with Gasteiger partial charge in [-0.1, -0.05) is 50.0 Å². The van der Waals surface area contributed by atoms with E-state index in [-0.39, 0.29) is 5.41 Å². The molecule has 0 radical (unpaired) electrons. The van der Waals surface area contributed by atoms with Crippen molar-refractivity contribution in [2.75, 3.05) is 0 Å². The van der Waals surface area contributed by atoms with Gasteiger partial charge in [-0.3, -0.25) is 0 Å². The summed E-state index contributed by atoms with van der Waals surface area (Å²) in [6, 6.07) is 5.44. The van der Waals surface area contributed by atoms with E-state index in [2.05, 4.69) is 36.3 Å². The summed E-state index contributed by atoms with van der Waals surface area (Å²) in [5.41, 5.74) is 0.704. The summed E-state index contributed by atoms with van der Waals surface area (Å²) in [4.78, 5) is 0. The summed E-state index contributed by atoms with van der Waals surface area (Å²) in [5.74, 6) is 0.804. The Balaban J connectivity index is 2.39. The first-order valence-electron chi connectivity index (χ1n) is 5.59. The van der Waals surface area contributed by atoms with Crippen LogP contribution in [0.2, 0.25) is 10.0 Å². The number of tetrazole rings is 1. The molecule has 0 saturated heterocycles. The molecule has 1 heterocycles. The Hall–Kier alpha value is -1.13. The van der Waals surface area contributed by atoms with Crippen LogP contribution in [0, 0.1) is 0 Å². The Morgan fingerprint density at radius 1 is 1.17 bits per heavy atom. The van der Waals surface area contributed by atoms with Gasteiger partial charge >= 0.3 is 0 Å². The maximum Gasteiger partial charge on any atom is 0.156 e. The molecule has 0 aliphatic carbocycles. The molecule has 96 valence electrons. The SMILES string of the molecule is CC(C)(C)c1nnnn1Cc1c(Cl)cccc1Cl. The smallest absolute Gasteiger partial charge is 0.156 e. The molecule has 0 bridgehead atoms. The van der Waals surface area contributed by atoms with Gasteiger partial charge in [-0.25, -0.2) is 4.68 Å². The molecule has 0 aliphatic heterocycles. The Morgan fingerprint density at radius 2 is 1.78 bits per heavy atom. The Bertz CT molecular complexity index is 537. The van der Waals surface area contributed by atoms with Gasteiger partial charge in [-0.05, 0) is 22.6 Å². The lowest BCUT2D eigenvalue weighted by atomic mass is 9.96. The van der Waals surface area contributed by atoms with E-state index in [9.17, 15) is 0 Å². The van der Waals surface area contributed by atoms with Gasteiger partial charge in [0.15, 0.2) is 5.82 Å². The minimum Gasteiger partial charge on any atom is -0.225 e. The van der Waals surface area contributed by atoms with Crippen LogP contribution in [-0.4, -0.2) is 20.2 Å². The first-order chi connectivity index (χ1) is 8.39. The Morgan fingerprint density at radius 3 is 2.33 bits per heavy atom. The lowest BCUT2D eigenvalue weighted by Crippen LogP contribution is -2.20. The van der Waals surface area contributed by atoms with Crippen molar-refractivity contribution >= 4 is 23.2 Å². The highest BCUT2D eigenvalue weighted by Crippen LogP contribution is 2.26. The molecule has 0 amide bonds. The fourth-order valence-electron chi connectivity index (χ4n) is 1.68. The number of halogens is 2. The van der Waals surface area contributed by atoms with Gasteiger partial charge < -0.3 is 0 Å². The third-order valence-electron chi connectivity index (χ3n) is 2.57. The van der Waals surface area contributed by atoms with Crippen molar-refractivity contribution < 1.29 is 0 Å². The summed E-state index contributed by atoms with van der Waals surface area (Å²) in [5, 5.41) is 13.0. The van der Waals surface area contributed by atoms with Gasteiger partial charge in [0, 0.05) is 21.0 Å². The summed E-state index contributed by atoms with van der Waals surface area (Å²) < 4.78 is 1.73. The molecule has 0 unspecified atom stereocenters. The highest BCUT2D eigenvalue weighted by Gasteiger charge is 2.22.